The molecule has 1 aromatic carbocycles. The average Bonchev–Trinajstić information content (AvgIpc) is 2.37. The monoisotopic (exact) mass is 246 g/mol. The summed E-state index contributed by atoms with van der Waals surface area (Å²) in [5.74, 6) is 1.18. The highest BCUT2D eigenvalue weighted by Gasteiger charge is 2.24. The molecule has 1 aliphatic rings. The molecule has 2 rings (SSSR count). The predicted molar refractivity (Wildman–Crippen MR) is 72.9 cm³/mol. The maximum Gasteiger partial charge on any atom is 0.0641 e. The molecule has 1 heterocycles. The van der Waals surface area contributed by atoms with Gasteiger partial charge in [-0.3, -0.25) is 4.90 Å². The number of hydrogen-bond donors (Lipinski definition) is 0. The normalized spacial score (nSPS) is 22.9. The van der Waals surface area contributed by atoms with Gasteiger partial charge in [-0.15, -0.1) is 0 Å². The minimum Gasteiger partial charge on any atom is -0.293 e. The first-order chi connectivity index (χ1) is 8.31. The third kappa shape index (κ3) is 3.24. The van der Waals surface area contributed by atoms with Crippen LogP contribution in [0.15, 0.2) is 30.3 Å². The summed E-state index contributed by atoms with van der Waals surface area (Å²) in [5.41, 5.74) is 1.27. The largest absolute Gasteiger partial charge is 0.293 e. The minimum absolute atomic E-state index is 0.268. The van der Waals surface area contributed by atoms with Gasteiger partial charge in [0.05, 0.1) is 12.5 Å². The smallest absolute Gasteiger partial charge is 0.0641 e. The lowest BCUT2D eigenvalue weighted by atomic mass is 10.0. The lowest BCUT2D eigenvalue weighted by Crippen LogP contribution is -2.39. The molecular formula is C14H18N2S. The molecule has 1 saturated heterocycles. The fourth-order valence-electron chi connectivity index (χ4n) is 2.35. The van der Waals surface area contributed by atoms with E-state index in [4.69, 9.17) is 5.26 Å². The van der Waals surface area contributed by atoms with Crippen molar-refractivity contribution in [1.29, 1.82) is 5.26 Å². The van der Waals surface area contributed by atoms with Gasteiger partial charge in [-0.1, -0.05) is 37.3 Å². The highest BCUT2D eigenvalue weighted by atomic mass is 32.2. The fourth-order valence-corrected chi connectivity index (χ4v) is 3.39. The van der Waals surface area contributed by atoms with E-state index < -0.39 is 0 Å². The van der Waals surface area contributed by atoms with E-state index in [0.29, 0.717) is 11.7 Å². The molecule has 3 heteroatoms. The van der Waals surface area contributed by atoms with Gasteiger partial charge in [0, 0.05) is 30.1 Å². The van der Waals surface area contributed by atoms with Crippen LogP contribution < -0.4 is 0 Å². The first-order valence-electron chi connectivity index (χ1n) is 6.09. The Balaban J connectivity index is 2.14. The van der Waals surface area contributed by atoms with Crippen LogP contribution in [0.1, 0.15) is 24.9 Å². The molecule has 0 saturated carbocycles. The second-order valence-corrected chi connectivity index (χ2v) is 6.01. The lowest BCUT2D eigenvalue weighted by Gasteiger charge is -2.36. The Bertz CT molecular complexity index is 385. The highest BCUT2D eigenvalue weighted by Crippen LogP contribution is 2.29. The highest BCUT2D eigenvalue weighted by molar-refractivity contribution is 7.99. The maximum absolute atomic E-state index is 9.01. The Morgan fingerprint density at radius 3 is 2.88 bits per heavy atom. The molecule has 0 amide bonds. The quantitative estimate of drug-likeness (QED) is 0.820. The number of rotatable bonds is 3. The summed E-state index contributed by atoms with van der Waals surface area (Å²) < 4.78 is 0. The topological polar surface area (TPSA) is 27.0 Å². The van der Waals surface area contributed by atoms with Crippen LogP contribution in [-0.2, 0) is 0 Å². The van der Waals surface area contributed by atoms with E-state index in [0.717, 1.165) is 13.1 Å². The Morgan fingerprint density at radius 1 is 1.47 bits per heavy atom. The molecule has 0 aliphatic carbocycles. The number of nitriles is 1. The van der Waals surface area contributed by atoms with Crippen LogP contribution in [0.4, 0.5) is 0 Å². The van der Waals surface area contributed by atoms with E-state index in [9.17, 15) is 0 Å². The van der Waals surface area contributed by atoms with Crippen LogP contribution in [0.2, 0.25) is 0 Å². The molecule has 0 N–H and O–H groups in total. The summed E-state index contributed by atoms with van der Waals surface area (Å²) in [4.78, 5) is 2.46. The van der Waals surface area contributed by atoms with E-state index in [2.05, 4.69) is 42.2 Å². The first-order valence-corrected chi connectivity index (χ1v) is 7.13. The van der Waals surface area contributed by atoms with Gasteiger partial charge >= 0.3 is 0 Å². The molecule has 1 aromatic rings. The molecule has 0 aromatic heterocycles. The summed E-state index contributed by atoms with van der Waals surface area (Å²) in [5, 5.41) is 9.69. The zero-order chi connectivity index (χ0) is 12.1. The SMILES string of the molecule is CC1CN(C(CC#N)c2ccccc2)CCS1. The Labute approximate surface area is 108 Å². The zero-order valence-corrected chi connectivity index (χ0v) is 11.0. The van der Waals surface area contributed by atoms with Gasteiger partial charge in [0.15, 0.2) is 0 Å². The third-order valence-corrected chi connectivity index (χ3v) is 4.32. The second-order valence-electron chi connectivity index (χ2n) is 4.47. The molecule has 1 fully saturated rings. The number of benzene rings is 1. The average molecular weight is 246 g/mol. The van der Waals surface area contributed by atoms with Crippen molar-refractivity contribution < 1.29 is 0 Å². The van der Waals surface area contributed by atoms with Crippen LogP contribution in [0.3, 0.4) is 0 Å². The van der Waals surface area contributed by atoms with Crippen molar-refractivity contribution in [2.75, 3.05) is 18.8 Å². The molecule has 2 unspecified atom stereocenters. The van der Waals surface area contributed by atoms with Gasteiger partial charge in [-0.25, -0.2) is 0 Å². The number of thioether (sulfide) groups is 1. The van der Waals surface area contributed by atoms with Crippen molar-refractivity contribution >= 4 is 11.8 Å². The number of hydrogen-bond acceptors (Lipinski definition) is 3. The van der Waals surface area contributed by atoms with Crippen molar-refractivity contribution in [3.05, 3.63) is 35.9 Å². The first kappa shape index (κ1) is 12.5. The van der Waals surface area contributed by atoms with Crippen LogP contribution in [-0.4, -0.2) is 29.0 Å². The third-order valence-electron chi connectivity index (χ3n) is 3.18. The summed E-state index contributed by atoms with van der Waals surface area (Å²) >= 11 is 2.03. The molecule has 0 bridgehead atoms. The van der Waals surface area contributed by atoms with Crippen LogP contribution in [0.5, 0.6) is 0 Å². The summed E-state index contributed by atoms with van der Waals surface area (Å²) in [6.07, 6.45) is 0.585. The van der Waals surface area contributed by atoms with Gasteiger partial charge < -0.3 is 0 Å². The van der Waals surface area contributed by atoms with Gasteiger partial charge in [0.2, 0.25) is 0 Å². The van der Waals surface area contributed by atoms with E-state index in [1.54, 1.807) is 0 Å². The van der Waals surface area contributed by atoms with E-state index >= 15 is 0 Å². The molecule has 17 heavy (non-hydrogen) atoms. The van der Waals surface area contributed by atoms with Crippen LogP contribution in [0, 0.1) is 11.3 Å². The van der Waals surface area contributed by atoms with Gasteiger partial charge in [0.1, 0.15) is 0 Å². The summed E-state index contributed by atoms with van der Waals surface area (Å²) in [6.45, 7) is 4.45. The molecule has 90 valence electrons. The zero-order valence-electron chi connectivity index (χ0n) is 10.2. The number of nitrogens with zero attached hydrogens (tertiary/aromatic N) is 2. The molecule has 2 atom stereocenters. The Hall–Kier alpha value is -0.980. The standard InChI is InChI=1S/C14H18N2S/c1-12-11-16(9-10-17-12)14(7-8-15)13-5-3-2-4-6-13/h2-6,12,14H,7,9-11H2,1H3. The van der Waals surface area contributed by atoms with E-state index in [1.165, 1.54) is 11.3 Å². The molecule has 2 nitrogen and oxygen atoms in total. The second kappa shape index (κ2) is 6.09. The van der Waals surface area contributed by atoms with Crippen LogP contribution in [0.25, 0.3) is 0 Å². The van der Waals surface area contributed by atoms with Crippen molar-refractivity contribution in [3.8, 4) is 6.07 Å². The van der Waals surface area contributed by atoms with Crippen molar-refractivity contribution in [2.45, 2.75) is 24.6 Å². The molecule has 0 radical (unpaired) electrons. The Kier molecular flexibility index (Phi) is 4.47. The van der Waals surface area contributed by atoms with Gasteiger partial charge in [-0.2, -0.15) is 17.0 Å². The van der Waals surface area contributed by atoms with Crippen molar-refractivity contribution in [2.24, 2.45) is 0 Å². The van der Waals surface area contributed by atoms with Gasteiger partial charge in [0.25, 0.3) is 0 Å². The maximum atomic E-state index is 9.01. The van der Waals surface area contributed by atoms with Gasteiger partial charge in [-0.05, 0) is 5.56 Å². The van der Waals surface area contributed by atoms with Crippen molar-refractivity contribution in [1.82, 2.24) is 4.90 Å². The fraction of sp³-hybridized carbons (Fsp3) is 0.500. The summed E-state index contributed by atoms with van der Waals surface area (Å²) in [7, 11) is 0. The lowest BCUT2D eigenvalue weighted by molar-refractivity contribution is 0.209. The molecular weight excluding hydrogens is 228 g/mol. The molecule has 0 spiro atoms. The summed E-state index contributed by atoms with van der Waals surface area (Å²) in [6, 6.07) is 13.0. The van der Waals surface area contributed by atoms with Crippen molar-refractivity contribution in [3.63, 3.8) is 0 Å². The minimum atomic E-state index is 0.268. The predicted octanol–water partition coefficient (Wildman–Crippen LogP) is 3.08. The Morgan fingerprint density at radius 2 is 2.24 bits per heavy atom. The molecule has 1 aliphatic heterocycles. The van der Waals surface area contributed by atoms with Crippen LogP contribution >= 0.6 is 11.8 Å². The van der Waals surface area contributed by atoms with E-state index in [-0.39, 0.29) is 6.04 Å². The van der Waals surface area contributed by atoms with E-state index in [1.807, 2.05) is 17.8 Å².